The number of hydrogen-bond acceptors (Lipinski definition) is 4. The standard InChI is InChI=1S/C22H19Cl2NO4/c1-13-8-16(18(26)11-27-20-5-3-4-17(23)22(20)24)14(2)25(13)10-15-6-7-19-21(9-15)29-12-28-19/h3-9H,10-12H2,1-2H3. The van der Waals surface area contributed by atoms with Crippen LogP contribution in [0.4, 0.5) is 0 Å². The number of benzene rings is 2. The SMILES string of the molecule is Cc1cc(C(=O)COc2cccc(Cl)c2Cl)c(C)n1Cc1ccc2c(c1)OCO2. The minimum absolute atomic E-state index is 0.117. The van der Waals surface area contributed by atoms with Crippen molar-refractivity contribution in [2.75, 3.05) is 13.4 Å². The van der Waals surface area contributed by atoms with E-state index in [-0.39, 0.29) is 19.2 Å². The second-order valence-corrected chi connectivity index (χ2v) is 7.61. The van der Waals surface area contributed by atoms with E-state index in [2.05, 4.69) is 4.57 Å². The molecule has 0 saturated carbocycles. The van der Waals surface area contributed by atoms with Crippen LogP contribution < -0.4 is 14.2 Å². The Kier molecular flexibility index (Phi) is 5.43. The first-order chi connectivity index (χ1) is 13.9. The van der Waals surface area contributed by atoms with Gasteiger partial charge in [-0.2, -0.15) is 0 Å². The quantitative estimate of drug-likeness (QED) is 0.486. The van der Waals surface area contributed by atoms with Crippen molar-refractivity contribution in [3.05, 3.63) is 75.0 Å². The Morgan fingerprint density at radius 2 is 1.90 bits per heavy atom. The van der Waals surface area contributed by atoms with E-state index in [1.807, 2.05) is 38.1 Å². The van der Waals surface area contributed by atoms with E-state index in [4.69, 9.17) is 37.4 Å². The van der Waals surface area contributed by atoms with Crippen LogP contribution in [0.3, 0.4) is 0 Å². The zero-order chi connectivity index (χ0) is 20.5. The molecule has 0 aliphatic carbocycles. The van der Waals surface area contributed by atoms with Crippen molar-refractivity contribution >= 4 is 29.0 Å². The number of hydrogen-bond donors (Lipinski definition) is 0. The summed E-state index contributed by atoms with van der Waals surface area (Å²) in [6.45, 7) is 4.66. The van der Waals surface area contributed by atoms with Crippen LogP contribution in [-0.4, -0.2) is 23.8 Å². The van der Waals surface area contributed by atoms with Gasteiger partial charge in [0.25, 0.3) is 0 Å². The minimum atomic E-state index is -0.119. The van der Waals surface area contributed by atoms with E-state index >= 15 is 0 Å². The molecule has 0 radical (unpaired) electrons. The molecule has 5 nitrogen and oxygen atoms in total. The summed E-state index contributed by atoms with van der Waals surface area (Å²) in [4.78, 5) is 12.8. The second-order valence-electron chi connectivity index (χ2n) is 6.82. The van der Waals surface area contributed by atoms with Gasteiger partial charge >= 0.3 is 0 Å². The molecule has 0 bridgehead atoms. The van der Waals surface area contributed by atoms with Crippen molar-refractivity contribution in [2.45, 2.75) is 20.4 Å². The van der Waals surface area contributed by atoms with Crippen LogP contribution in [0.5, 0.6) is 17.2 Å². The molecule has 0 atom stereocenters. The highest BCUT2D eigenvalue weighted by Gasteiger charge is 2.19. The maximum atomic E-state index is 12.8. The fourth-order valence-electron chi connectivity index (χ4n) is 3.37. The number of halogens is 2. The summed E-state index contributed by atoms with van der Waals surface area (Å²) in [5.74, 6) is 1.77. The molecule has 2 aromatic carbocycles. The third-order valence-electron chi connectivity index (χ3n) is 4.93. The average Bonchev–Trinajstić information content (AvgIpc) is 3.28. The molecule has 3 aromatic rings. The van der Waals surface area contributed by atoms with Gasteiger partial charge in [0.1, 0.15) is 10.8 Å². The van der Waals surface area contributed by atoms with Crippen molar-refractivity contribution < 1.29 is 19.0 Å². The van der Waals surface area contributed by atoms with Gasteiger partial charge in [-0.3, -0.25) is 4.79 Å². The zero-order valence-corrected chi connectivity index (χ0v) is 17.5. The van der Waals surface area contributed by atoms with Gasteiger partial charge in [0, 0.05) is 23.5 Å². The monoisotopic (exact) mass is 431 g/mol. The fourth-order valence-corrected chi connectivity index (χ4v) is 3.71. The number of aromatic nitrogens is 1. The molecule has 150 valence electrons. The van der Waals surface area contributed by atoms with E-state index in [0.717, 1.165) is 28.5 Å². The van der Waals surface area contributed by atoms with Gasteiger partial charge in [-0.1, -0.05) is 35.3 Å². The van der Waals surface area contributed by atoms with Crippen LogP contribution in [0.2, 0.25) is 10.0 Å². The van der Waals surface area contributed by atoms with Crippen LogP contribution in [-0.2, 0) is 6.54 Å². The first-order valence-electron chi connectivity index (χ1n) is 9.09. The lowest BCUT2D eigenvalue weighted by Gasteiger charge is -2.11. The largest absolute Gasteiger partial charge is 0.484 e. The highest BCUT2D eigenvalue weighted by molar-refractivity contribution is 6.42. The van der Waals surface area contributed by atoms with Crippen molar-refractivity contribution in [3.8, 4) is 17.2 Å². The highest BCUT2D eigenvalue weighted by Crippen LogP contribution is 2.33. The molecular formula is C22H19Cl2NO4. The number of nitrogens with zero attached hydrogens (tertiary/aromatic N) is 1. The third-order valence-corrected chi connectivity index (χ3v) is 5.73. The lowest BCUT2D eigenvalue weighted by Crippen LogP contribution is -2.13. The number of rotatable bonds is 6. The second kappa shape index (κ2) is 8.01. The van der Waals surface area contributed by atoms with Gasteiger partial charge < -0.3 is 18.8 Å². The Balaban J connectivity index is 1.50. The number of ether oxygens (including phenoxy) is 3. The molecule has 0 fully saturated rings. The first-order valence-corrected chi connectivity index (χ1v) is 9.85. The molecule has 4 rings (SSSR count). The van der Waals surface area contributed by atoms with E-state index in [0.29, 0.717) is 27.9 Å². The van der Waals surface area contributed by atoms with Gasteiger partial charge in [0.15, 0.2) is 18.1 Å². The topological polar surface area (TPSA) is 49.7 Å². The van der Waals surface area contributed by atoms with Crippen molar-refractivity contribution in [3.63, 3.8) is 0 Å². The van der Waals surface area contributed by atoms with Crippen LogP contribution in [0.25, 0.3) is 0 Å². The molecule has 0 spiro atoms. The van der Waals surface area contributed by atoms with E-state index < -0.39 is 0 Å². The van der Waals surface area contributed by atoms with Gasteiger partial charge in [0.05, 0.1) is 5.02 Å². The molecule has 0 unspecified atom stereocenters. The zero-order valence-electron chi connectivity index (χ0n) is 16.0. The number of aryl methyl sites for hydroxylation is 1. The van der Waals surface area contributed by atoms with E-state index in [9.17, 15) is 4.79 Å². The summed E-state index contributed by atoms with van der Waals surface area (Å²) in [7, 11) is 0. The maximum Gasteiger partial charge on any atom is 0.231 e. The molecule has 7 heteroatoms. The summed E-state index contributed by atoms with van der Waals surface area (Å²) < 4.78 is 18.5. The van der Waals surface area contributed by atoms with Crippen molar-refractivity contribution in [1.82, 2.24) is 4.57 Å². The highest BCUT2D eigenvalue weighted by atomic mass is 35.5. The van der Waals surface area contributed by atoms with Crippen LogP contribution in [0.1, 0.15) is 27.3 Å². The Bertz CT molecular complexity index is 1090. The smallest absolute Gasteiger partial charge is 0.231 e. The van der Waals surface area contributed by atoms with Gasteiger partial charge in [-0.15, -0.1) is 0 Å². The lowest BCUT2D eigenvalue weighted by molar-refractivity contribution is 0.0921. The van der Waals surface area contributed by atoms with Gasteiger partial charge in [-0.05, 0) is 49.7 Å². The predicted octanol–water partition coefficient (Wildman–Crippen LogP) is 5.45. The molecule has 2 heterocycles. The molecule has 29 heavy (non-hydrogen) atoms. The molecule has 0 N–H and O–H groups in total. The fraction of sp³-hybridized carbons (Fsp3) is 0.227. The summed E-state index contributed by atoms with van der Waals surface area (Å²) in [5, 5.41) is 0.689. The first kappa shape index (κ1) is 19.7. The van der Waals surface area contributed by atoms with E-state index in [1.165, 1.54) is 0 Å². The molecular weight excluding hydrogens is 413 g/mol. The number of carbonyl (C=O) groups is 1. The molecule has 0 amide bonds. The van der Waals surface area contributed by atoms with Gasteiger partial charge in [0.2, 0.25) is 12.6 Å². The van der Waals surface area contributed by atoms with Crippen molar-refractivity contribution in [2.24, 2.45) is 0 Å². The number of ketones is 1. The molecule has 1 aliphatic rings. The molecule has 1 aromatic heterocycles. The Hall–Kier alpha value is -2.63. The van der Waals surface area contributed by atoms with Crippen LogP contribution in [0.15, 0.2) is 42.5 Å². The summed E-state index contributed by atoms with van der Waals surface area (Å²) in [6, 6.07) is 12.8. The lowest BCUT2D eigenvalue weighted by atomic mass is 10.1. The Labute approximate surface area is 178 Å². The third kappa shape index (κ3) is 3.93. The Morgan fingerprint density at radius 3 is 2.72 bits per heavy atom. The van der Waals surface area contributed by atoms with Gasteiger partial charge in [-0.25, -0.2) is 0 Å². The number of fused-ring (bicyclic) bond motifs is 1. The normalized spacial score (nSPS) is 12.3. The maximum absolute atomic E-state index is 12.8. The summed E-state index contributed by atoms with van der Waals surface area (Å²) in [5.41, 5.74) is 3.56. The molecule has 1 aliphatic heterocycles. The summed E-state index contributed by atoms with van der Waals surface area (Å²) >= 11 is 12.1. The minimum Gasteiger partial charge on any atom is -0.484 e. The van der Waals surface area contributed by atoms with Crippen molar-refractivity contribution in [1.29, 1.82) is 0 Å². The average molecular weight is 432 g/mol. The van der Waals surface area contributed by atoms with E-state index in [1.54, 1.807) is 18.2 Å². The van der Waals surface area contributed by atoms with Crippen LogP contribution >= 0.6 is 23.2 Å². The summed E-state index contributed by atoms with van der Waals surface area (Å²) in [6.07, 6.45) is 0. The Morgan fingerprint density at radius 1 is 1.10 bits per heavy atom. The number of Topliss-reactive ketones (excluding diaryl/α,β-unsaturated/α-hetero) is 1. The predicted molar refractivity (Wildman–Crippen MR) is 112 cm³/mol. The number of carbonyl (C=O) groups excluding carboxylic acids is 1. The van der Waals surface area contributed by atoms with Crippen LogP contribution in [0, 0.1) is 13.8 Å². The molecule has 0 saturated heterocycles.